The van der Waals surface area contributed by atoms with Gasteiger partial charge in [0.15, 0.2) is 0 Å². The van der Waals surface area contributed by atoms with Gasteiger partial charge in [-0.25, -0.2) is 0 Å². The van der Waals surface area contributed by atoms with E-state index in [9.17, 15) is 18.9 Å². The van der Waals surface area contributed by atoms with E-state index in [2.05, 4.69) is 15.0 Å². The normalized spacial score (nSPS) is 17.7. The molecule has 0 saturated carbocycles. The predicted octanol–water partition coefficient (Wildman–Crippen LogP) is 2.50. The highest BCUT2D eigenvalue weighted by atomic mass is 19.3. The zero-order valence-corrected chi connectivity index (χ0v) is 13.3. The van der Waals surface area contributed by atoms with Crippen molar-refractivity contribution in [3.63, 3.8) is 0 Å². The van der Waals surface area contributed by atoms with E-state index in [4.69, 9.17) is 4.74 Å². The Morgan fingerprint density at radius 1 is 1.44 bits per heavy atom. The van der Waals surface area contributed by atoms with Gasteiger partial charge >= 0.3 is 18.4 Å². The molecule has 0 amide bonds. The zero-order chi connectivity index (χ0) is 18.0. The number of nitrogens with one attached hydrogen (secondary N) is 1. The van der Waals surface area contributed by atoms with Crippen LogP contribution in [0.3, 0.4) is 0 Å². The van der Waals surface area contributed by atoms with E-state index < -0.39 is 11.5 Å². The second-order valence-electron chi connectivity index (χ2n) is 5.63. The van der Waals surface area contributed by atoms with Gasteiger partial charge < -0.3 is 24.9 Å². The topological polar surface area (TPSA) is 91.5 Å². The number of ether oxygens (including phenoxy) is 2. The molecule has 1 unspecified atom stereocenters. The Labute approximate surface area is 141 Å². The van der Waals surface area contributed by atoms with Crippen LogP contribution in [0, 0.1) is 10.1 Å². The van der Waals surface area contributed by atoms with Gasteiger partial charge in [-0.3, -0.25) is 4.57 Å². The molecule has 1 aromatic heterocycles. The summed E-state index contributed by atoms with van der Waals surface area (Å²) >= 11 is 0. The number of fused-ring (bicyclic) bond motifs is 1. The van der Waals surface area contributed by atoms with Crippen molar-refractivity contribution in [2.75, 3.05) is 6.61 Å². The first-order valence-corrected chi connectivity index (χ1v) is 7.57. The molecule has 1 aliphatic rings. The van der Waals surface area contributed by atoms with Crippen LogP contribution in [0.5, 0.6) is 11.8 Å². The SMILES string of the molecule is CC(N[C@@H]1COc2nc([N+](=O)[O-])cn2C1)c1ccc(OC(F)F)cc1. The summed E-state index contributed by atoms with van der Waals surface area (Å²) in [5.74, 6) is -0.152. The minimum atomic E-state index is -2.85. The molecular weight excluding hydrogens is 338 g/mol. The third kappa shape index (κ3) is 4.02. The van der Waals surface area contributed by atoms with Crippen molar-refractivity contribution in [3.8, 4) is 11.8 Å². The van der Waals surface area contributed by atoms with Gasteiger partial charge in [-0.1, -0.05) is 12.1 Å². The smallest absolute Gasteiger partial charge is 0.414 e. The summed E-state index contributed by atoms with van der Waals surface area (Å²) in [6.45, 7) is -0.123. The molecule has 25 heavy (non-hydrogen) atoms. The van der Waals surface area contributed by atoms with E-state index in [-0.39, 0.29) is 29.7 Å². The van der Waals surface area contributed by atoms with Crippen LogP contribution in [0.15, 0.2) is 30.5 Å². The van der Waals surface area contributed by atoms with Gasteiger partial charge in [0, 0.05) is 17.6 Å². The van der Waals surface area contributed by atoms with Gasteiger partial charge in [-0.2, -0.15) is 8.78 Å². The lowest BCUT2D eigenvalue weighted by Crippen LogP contribution is -2.42. The lowest BCUT2D eigenvalue weighted by molar-refractivity contribution is -0.389. The second-order valence-corrected chi connectivity index (χ2v) is 5.63. The highest BCUT2D eigenvalue weighted by molar-refractivity contribution is 5.29. The van der Waals surface area contributed by atoms with Crippen LogP contribution in [-0.4, -0.2) is 33.7 Å². The Hall–Kier alpha value is -2.75. The molecule has 2 atom stereocenters. The van der Waals surface area contributed by atoms with Gasteiger partial charge in [0.2, 0.25) is 0 Å². The average molecular weight is 354 g/mol. The molecule has 0 saturated heterocycles. The fourth-order valence-electron chi connectivity index (χ4n) is 2.67. The molecule has 0 aliphatic carbocycles. The number of benzene rings is 1. The third-order valence-corrected chi connectivity index (χ3v) is 3.84. The van der Waals surface area contributed by atoms with Crippen LogP contribution in [0.2, 0.25) is 0 Å². The monoisotopic (exact) mass is 354 g/mol. The molecule has 8 nitrogen and oxygen atoms in total. The fourth-order valence-corrected chi connectivity index (χ4v) is 2.67. The van der Waals surface area contributed by atoms with Gasteiger partial charge in [0.25, 0.3) is 0 Å². The summed E-state index contributed by atoms with van der Waals surface area (Å²) in [4.78, 5) is 14.0. The van der Waals surface area contributed by atoms with Crippen LogP contribution in [0.4, 0.5) is 14.6 Å². The molecule has 1 aromatic carbocycles. The summed E-state index contributed by atoms with van der Waals surface area (Å²) in [5, 5.41) is 14.1. The maximum atomic E-state index is 12.2. The number of nitro groups is 1. The number of nitrogens with zero attached hydrogens (tertiary/aromatic N) is 3. The quantitative estimate of drug-likeness (QED) is 0.633. The highest BCUT2D eigenvalue weighted by Gasteiger charge is 2.28. The summed E-state index contributed by atoms with van der Waals surface area (Å²) in [6, 6.07) is 6.44. The Bertz CT molecular complexity index is 750. The van der Waals surface area contributed by atoms with Gasteiger partial charge in [0.05, 0.1) is 6.04 Å². The lowest BCUT2D eigenvalue weighted by Gasteiger charge is -2.26. The molecule has 3 rings (SSSR count). The zero-order valence-electron chi connectivity index (χ0n) is 13.3. The summed E-state index contributed by atoms with van der Waals surface area (Å²) in [5.41, 5.74) is 0.893. The van der Waals surface area contributed by atoms with Gasteiger partial charge in [-0.05, 0) is 29.5 Å². The largest absolute Gasteiger partial charge is 0.444 e. The first kappa shape index (κ1) is 17.1. The molecule has 2 heterocycles. The van der Waals surface area contributed by atoms with E-state index in [1.807, 2.05) is 6.92 Å². The van der Waals surface area contributed by atoms with Crippen molar-refractivity contribution >= 4 is 5.82 Å². The van der Waals surface area contributed by atoms with Crippen molar-refractivity contribution in [1.29, 1.82) is 0 Å². The fraction of sp³-hybridized carbons (Fsp3) is 0.400. The first-order chi connectivity index (χ1) is 11.9. The van der Waals surface area contributed by atoms with Crippen LogP contribution >= 0.6 is 0 Å². The first-order valence-electron chi connectivity index (χ1n) is 7.57. The van der Waals surface area contributed by atoms with Crippen molar-refractivity contribution in [2.45, 2.75) is 32.2 Å². The molecule has 10 heteroatoms. The maximum absolute atomic E-state index is 12.2. The molecule has 1 aliphatic heterocycles. The standard InChI is InChI=1S/C15H16F2N4O4/c1-9(10-2-4-12(5-3-10)25-14(16)17)18-11-6-20-7-13(21(22)23)19-15(20)24-8-11/h2-5,7,9,11,14,18H,6,8H2,1H3/t9?,11-/m0/s1. The summed E-state index contributed by atoms with van der Waals surface area (Å²) in [6.07, 6.45) is 1.34. The van der Waals surface area contributed by atoms with E-state index in [0.29, 0.717) is 13.2 Å². The number of hydrogen-bond donors (Lipinski definition) is 1. The number of imidazole rings is 1. The van der Waals surface area contributed by atoms with Crippen LogP contribution < -0.4 is 14.8 Å². The Balaban J connectivity index is 1.61. The molecule has 0 spiro atoms. The summed E-state index contributed by atoms with van der Waals surface area (Å²) < 4.78 is 35.7. The number of alkyl halides is 2. The van der Waals surface area contributed by atoms with Crippen LogP contribution in [-0.2, 0) is 6.54 Å². The molecule has 0 radical (unpaired) electrons. The number of hydrogen-bond acceptors (Lipinski definition) is 6. The minimum absolute atomic E-state index is 0.0748. The Kier molecular flexibility index (Phi) is 4.79. The molecule has 2 aromatic rings. The number of halogens is 2. The maximum Gasteiger partial charge on any atom is 0.414 e. The van der Waals surface area contributed by atoms with E-state index >= 15 is 0 Å². The van der Waals surface area contributed by atoms with E-state index in [0.717, 1.165) is 5.56 Å². The van der Waals surface area contributed by atoms with Crippen molar-refractivity contribution in [2.24, 2.45) is 0 Å². The molecule has 1 N–H and O–H groups in total. The molecular formula is C15H16F2N4O4. The Morgan fingerprint density at radius 2 is 2.16 bits per heavy atom. The minimum Gasteiger partial charge on any atom is -0.444 e. The predicted molar refractivity (Wildman–Crippen MR) is 82.8 cm³/mol. The van der Waals surface area contributed by atoms with E-state index in [1.165, 1.54) is 18.3 Å². The molecule has 0 bridgehead atoms. The molecule has 134 valence electrons. The van der Waals surface area contributed by atoms with E-state index in [1.54, 1.807) is 16.7 Å². The van der Waals surface area contributed by atoms with Crippen LogP contribution in [0.1, 0.15) is 18.5 Å². The lowest BCUT2D eigenvalue weighted by atomic mass is 10.1. The second kappa shape index (κ2) is 7.01. The third-order valence-electron chi connectivity index (χ3n) is 3.84. The summed E-state index contributed by atoms with van der Waals surface area (Å²) in [7, 11) is 0. The van der Waals surface area contributed by atoms with Crippen molar-refractivity contribution in [3.05, 3.63) is 46.1 Å². The average Bonchev–Trinajstić information content (AvgIpc) is 2.98. The van der Waals surface area contributed by atoms with Crippen LogP contribution in [0.25, 0.3) is 0 Å². The highest BCUT2D eigenvalue weighted by Crippen LogP contribution is 2.23. The van der Waals surface area contributed by atoms with Crippen molar-refractivity contribution in [1.82, 2.24) is 14.9 Å². The van der Waals surface area contributed by atoms with Gasteiger partial charge in [-0.15, -0.1) is 0 Å². The number of aromatic nitrogens is 2. The van der Waals surface area contributed by atoms with Gasteiger partial charge in [0.1, 0.15) is 18.6 Å². The number of rotatable bonds is 6. The molecule has 0 fully saturated rings. The Morgan fingerprint density at radius 3 is 2.80 bits per heavy atom. The van der Waals surface area contributed by atoms with Crippen molar-refractivity contribution < 1.29 is 23.2 Å².